The molecule has 0 aromatic heterocycles. The number of esters is 3. The highest BCUT2D eigenvalue weighted by molar-refractivity contribution is 6.02. The molecule has 11 nitrogen and oxygen atoms in total. The van der Waals surface area contributed by atoms with E-state index in [0.29, 0.717) is 29.5 Å². The van der Waals surface area contributed by atoms with Gasteiger partial charge >= 0.3 is 17.9 Å². The first kappa shape index (κ1) is 52.2. The highest BCUT2D eigenvalue weighted by Gasteiger charge is 2.18. The van der Waals surface area contributed by atoms with Gasteiger partial charge in [-0.2, -0.15) is 4.39 Å². The van der Waals surface area contributed by atoms with Crippen LogP contribution in [0.2, 0.25) is 0 Å². The molecule has 0 saturated heterocycles. The van der Waals surface area contributed by atoms with Crippen molar-refractivity contribution < 1.29 is 51.6 Å². The van der Waals surface area contributed by atoms with Gasteiger partial charge in [-0.05, 0) is 128 Å². The number of ether oxygens (including phenoxy) is 6. The molecule has 0 unspecified atom stereocenters. The number of fused-ring (bicyclic) bond motifs is 3. The Bertz CT molecular complexity index is 3250. The molecule has 0 bridgehead atoms. The van der Waals surface area contributed by atoms with E-state index >= 15 is 4.39 Å². The molecule has 0 aliphatic heterocycles. The van der Waals surface area contributed by atoms with E-state index in [2.05, 4.69) is 67.8 Å². The Kier molecular flexibility index (Phi) is 18.2. The molecule has 13 heteroatoms. The van der Waals surface area contributed by atoms with Crippen LogP contribution in [0.15, 0.2) is 171 Å². The van der Waals surface area contributed by atoms with Crippen LogP contribution in [0.3, 0.4) is 0 Å². The molecule has 0 aliphatic rings. The summed E-state index contributed by atoms with van der Waals surface area (Å²) in [6.07, 6.45) is 6.75. The van der Waals surface area contributed by atoms with Gasteiger partial charge in [0.1, 0.15) is 24.7 Å². The fraction of sp³-hybridized carbons (Fsp3) is 0.167. The number of unbranched alkanes of at least 4 members (excludes halogenated alkanes) is 3. The Morgan fingerprint density at radius 1 is 0.644 bits per heavy atom. The average Bonchev–Trinajstić information content (AvgIpc) is 3.41. The van der Waals surface area contributed by atoms with Crippen molar-refractivity contribution in [1.82, 2.24) is 0 Å². The first-order chi connectivity index (χ1) is 35.5. The van der Waals surface area contributed by atoms with Gasteiger partial charge in [0.2, 0.25) is 5.83 Å². The van der Waals surface area contributed by atoms with Crippen LogP contribution >= 0.6 is 0 Å². The molecular formula is C60H54F2N2O9. The molecule has 8 rings (SSSR count). The Labute approximate surface area is 421 Å². The van der Waals surface area contributed by atoms with Crippen molar-refractivity contribution in [3.63, 3.8) is 0 Å². The Morgan fingerprint density at radius 2 is 1.26 bits per heavy atom. The van der Waals surface area contributed by atoms with E-state index in [-0.39, 0.29) is 53.1 Å². The van der Waals surface area contributed by atoms with Crippen LogP contribution in [0.5, 0.6) is 28.7 Å². The number of rotatable bonds is 21. The molecule has 73 heavy (non-hydrogen) atoms. The molecule has 0 fully saturated rings. The first-order valence-corrected chi connectivity index (χ1v) is 23.5. The summed E-state index contributed by atoms with van der Waals surface area (Å²) in [4.78, 5) is 35.6. The van der Waals surface area contributed by atoms with Gasteiger partial charge in [-0.1, -0.05) is 117 Å². The van der Waals surface area contributed by atoms with E-state index in [1.165, 1.54) is 70.1 Å². The Hall–Kier alpha value is -8.68. The fourth-order valence-corrected chi connectivity index (χ4v) is 8.02. The highest BCUT2D eigenvalue weighted by atomic mass is 19.1. The topological polar surface area (TPSA) is 156 Å². The van der Waals surface area contributed by atoms with E-state index in [1.807, 2.05) is 24.3 Å². The zero-order valence-corrected chi connectivity index (χ0v) is 40.3. The van der Waals surface area contributed by atoms with Crippen LogP contribution < -0.4 is 29.4 Å². The zero-order valence-electron chi connectivity index (χ0n) is 40.3. The maximum Gasteiger partial charge on any atom is 0.371 e. The molecule has 0 heterocycles. The van der Waals surface area contributed by atoms with Gasteiger partial charge in [-0.3, -0.25) is 0 Å². The highest BCUT2D eigenvalue weighted by Crippen LogP contribution is 2.33. The molecule has 0 amide bonds. The second kappa shape index (κ2) is 25.4. The summed E-state index contributed by atoms with van der Waals surface area (Å²) < 4.78 is 61.1. The minimum absolute atomic E-state index is 0.00993. The summed E-state index contributed by atoms with van der Waals surface area (Å²) in [5.74, 6) is -3.53. The normalized spacial score (nSPS) is 10.7. The van der Waals surface area contributed by atoms with Crippen LogP contribution in [-0.2, 0) is 40.5 Å². The van der Waals surface area contributed by atoms with Gasteiger partial charge in [-0.15, -0.1) is 0 Å². The van der Waals surface area contributed by atoms with E-state index in [4.69, 9.17) is 39.6 Å². The van der Waals surface area contributed by atoms with Crippen LogP contribution in [0, 0.1) is 11.2 Å². The van der Waals surface area contributed by atoms with E-state index in [1.54, 1.807) is 36.4 Å². The third kappa shape index (κ3) is 13.8. The van der Waals surface area contributed by atoms with Crippen LogP contribution in [0.1, 0.15) is 63.9 Å². The molecule has 0 saturated carbocycles. The summed E-state index contributed by atoms with van der Waals surface area (Å²) in [6, 6.07) is 44.2. The van der Waals surface area contributed by atoms with Gasteiger partial charge in [-0.25, -0.2) is 18.8 Å². The minimum Gasteiger partial charge on any atom is -0.493 e. The van der Waals surface area contributed by atoms with Crippen molar-refractivity contribution >= 4 is 56.4 Å². The predicted octanol–water partition coefficient (Wildman–Crippen LogP) is 13.0. The van der Waals surface area contributed by atoms with Gasteiger partial charge in [0, 0.05) is 18.8 Å². The fourth-order valence-electron chi connectivity index (χ4n) is 8.02. The molecular weight excluding hydrogens is 931 g/mol. The number of methoxy groups -OCH3 is 1. The maximum absolute atomic E-state index is 15.5. The van der Waals surface area contributed by atoms with Crippen LogP contribution in [0.4, 0.5) is 8.78 Å². The molecule has 8 aromatic carbocycles. The molecule has 0 atom stereocenters. The van der Waals surface area contributed by atoms with Crippen molar-refractivity contribution in [3.8, 4) is 28.7 Å². The van der Waals surface area contributed by atoms with Crippen molar-refractivity contribution in [2.24, 2.45) is 5.73 Å². The van der Waals surface area contributed by atoms with Gasteiger partial charge in [0.05, 0.1) is 24.8 Å². The summed E-state index contributed by atoms with van der Waals surface area (Å²) in [6.45, 7) is 7.41. The van der Waals surface area contributed by atoms with Gasteiger partial charge in [0.25, 0.3) is 0 Å². The monoisotopic (exact) mass is 984 g/mol. The van der Waals surface area contributed by atoms with Crippen molar-refractivity contribution in [1.29, 1.82) is 5.41 Å². The smallest absolute Gasteiger partial charge is 0.371 e. The molecule has 3 N–H and O–H groups in total. The number of nitrogens with two attached hydrogens (primary N) is 1. The number of carbonyl (C=O) groups excluding carboxylic acids is 3. The van der Waals surface area contributed by atoms with E-state index < -0.39 is 29.6 Å². The largest absolute Gasteiger partial charge is 0.493 e. The van der Waals surface area contributed by atoms with Gasteiger partial charge in [0.15, 0.2) is 23.1 Å². The molecule has 372 valence electrons. The van der Waals surface area contributed by atoms with Crippen molar-refractivity contribution in [2.75, 3.05) is 13.7 Å². The van der Waals surface area contributed by atoms with Crippen LogP contribution in [0.25, 0.3) is 32.3 Å². The number of carbonyl (C=O) groups is 3. The Morgan fingerprint density at radius 3 is 1.95 bits per heavy atom. The van der Waals surface area contributed by atoms with Crippen molar-refractivity contribution in [3.05, 3.63) is 210 Å². The molecule has 0 radical (unpaired) electrons. The lowest BCUT2D eigenvalue weighted by Gasteiger charge is -2.15. The SMILES string of the molecule is C=CC(=O)OCCCCCCc1ccc(COc2ccc(OCc3ccc(OC(=O)c4ccc5cc(OC(=O)C(=C)F)ccc5c4)c(OC)c3)c(C=N)c2F)cc1.NCc1c2ccccc2cc2ccccc12. The predicted molar refractivity (Wildman–Crippen MR) is 280 cm³/mol. The standard InChI is InChI=1S/C45H41F2NO9.C15H13N/c1-4-42(49)53-22-8-6-5-7-9-30-10-12-31(13-11-30)27-55-40-21-20-38(37(26-48)43(40)47)54-28-32-14-19-39(41(23-32)52-3)57-45(51)35-16-15-34-25-36(18-17-33(34)24-35)56-44(50)29(2)46;16-10-15-13-7-3-1-5-11(13)9-12-6-2-4-8-14(12)15/h4,10-21,23-26,48H,1-2,5-9,22,27-28H2,3H3;1-9H,10,16H2. The van der Waals surface area contributed by atoms with Crippen LogP contribution in [-0.4, -0.2) is 37.8 Å². The third-order valence-electron chi connectivity index (χ3n) is 11.8. The maximum atomic E-state index is 15.5. The molecule has 0 aliphatic carbocycles. The first-order valence-electron chi connectivity index (χ1n) is 23.5. The minimum atomic E-state index is -1.22. The number of nitrogens with one attached hydrogen (secondary N) is 1. The number of hydrogen-bond acceptors (Lipinski definition) is 11. The number of benzene rings is 8. The van der Waals surface area contributed by atoms with Gasteiger partial charge < -0.3 is 39.6 Å². The van der Waals surface area contributed by atoms with E-state index in [9.17, 15) is 18.8 Å². The second-order valence-corrected chi connectivity index (χ2v) is 16.8. The lowest BCUT2D eigenvalue weighted by molar-refractivity contribution is -0.138. The molecule has 8 aromatic rings. The summed E-state index contributed by atoms with van der Waals surface area (Å²) in [5, 5.41) is 14.2. The number of halogens is 2. The van der Waals surface area contributed by atoms with E-state index in [0.717, 1.165) is 50.0 Å². The lowest BCUT2D eigenvalue weighted by atomic mass is 9.97. The summed E-state index contributed by atoms with van der Waals surface area (Å²) >= 11 is 0. The molecule has 0 spiro atoms. The summed E-state index contributed by atoms with van der Waals surface area (Å²) in [5.41, 5.74) is 9.96. The second-order valence-electron chi connectivity index (χ2n) is 16.8. The Balaban J connectivity index is 0.000000408. The quantitative estimate of drug-likeness (QED) is 0.0177. The zero-order chi connectivity index (χ0) is 51.7. The summed E-state index contributed by atoms with van der Waals surface area (Å²) in [7, 11) is 1.42. The average molecular weight is 985 g/mol. The third-order valence-corrected chi connectivity index (χ3v) is 11.8. The van der Waals surface area contributed by atoms with Crippen molar-refractivity contribution in [2.45, 2.75) is 51.9 Å². The number of hydrogen-bond donors (Lipinski definition) is 2. The lowest BCUT2D eigenvalue weighted by Crippen LogP contribution is -2.10. The number of aryl methyl sites for hydroxylation is 1.